The van der Waals surface area contributed by atoms with Crippen molar-refractivity contribution >= 4 is 0 Å². The third-order valence-electron chi connectivity index (χ3n) is 3.86. The molecule has 1 saturated carbocycles. The van der Waals surface area contributed by atoms with Gasteiger partial charge in [0.05, 0.1) is 5.60 Å². The third-order valence-corrected chi connectivity index (χ3v) is 3.86. The highest BCUT2D eigenvalue weighted by Crippen LogP contribution is 2.42. The van der Waals surface area contributed by atoms with Gasteiger partial charge in [-0.2, -0.15) is 0 Å². The first kappa shape index (κ1) is 12.0. The Bertz CT molecular complexity index is 170. The Morgan fingerprint density at radius 2 is 1.71 bits per heavy atom. The van der Waals surface area contributed by atoms with Crippen LogP contribution in [0.4, 0.5) is 0 Å². The highest BCUT2D eigenvalue weighted by molar-refractivity contribution is 4.88. The van der Waals surface area contributed by atoms with Crippen LogP contribution in [0.2, 0.25) is 0 Å². The first-order chi connectivity index (χ1) is 6.37. The second-order valence-electron chi connectivity index (χ2n) is 6.11. The molecule has 14 heavy (non-hydrogen) atoms. The van der Waals surface area contributed by atoms with Crippen molar-refractivity contribution in [3.05, 3.63) is 0 Å². The third kappa shape index (κ3) is 2.98. The van der Waals surface area contributed by atoms with Gasteiger partial charge in [-0.05, 0) is 43.4 Å². The average molecular weight is 198 g/mol. The Kier molecular flexibility index (Phi) is 3.63. The average Bonchev–Trinajstić information content (AvgIpc) is 2.03. The summed E-state index contributed by atoms with van der Waals surface area (Å²) in [5, 5.41) is 10.3. The van der Waals surface area contributed by atoms with E-state index in [2.05, 4.69) is 27.7 Å². The Hall–Kier alpha value is -0.0400. The maximum atomic E-state index is 10.3. The van der Waals surface area contributed by atoms with Gasteiger partial charge in [0.2, 0.25) is 0 Å². The van der Waals surface area contributed by atoms with E-state index in [1.165, 1.54) is 12.8 Å². The number of hydrogen-bond acceptors (Lipinski definition) is 1. The molecule has 1 N–H and O–H groups in total. The highest BCUT2D eigenvalue weighted by Gasteiger charge is 2.36. The van der Waals surface area contributed by atoms with Crippen molar-refractivity contribution in [3.63, 3.8) is 0 Å². The number of aliphatic hydroxyl groups is 1. The monoisotopic (exact) mass is 198 g/mol. The van der Waals surface area contributed by atoms with Crippen LogP contribution in [-0.4, -0.2) is 10.7 Å². The van der Waals surface area contributed by atoms with Crippen LogP contribution in [0.3, 0.4) is 0 Å². The molecule has 1 aliphatic carbocycles. The fourth-order valence-electron chi connectivity index (χ4n) is 2.74. The summed E-state index contributed by atoms with van der Waals surface area (Å²) < 4.78 is 0. The van der Waals surface area contributed by atoms with E-state index in [4.69, 9.17) is 0 Å². The molecule has 0 atom stereocenters. The molecule has 84 valence electrons. The van der Waals surface area contributed by atoms with E-state index in [1.54, 1.807) is 0 Å². The minimum atomic E-state index is -0.323. The van der Waals surface area contributed by atoms with Crippen LogP contribution < -0.4 is 0 Å². The molecule has 1 nitrogen and oxygen atoms in total. The van der Waals surface area contributed by atoms with Crippen LogP contribution in [-0.2, 0) is 0 Å². The van der Waals surface area contributed by atoms with Gasteiger partial charge in [-0.25, -0.2) is 0 Å². The Morgan fingerprint density at radius 1 is 1.21 bits per heavy atom. The first-order valence-electron chi connectivity index (χ1n) is 6.10. The standard InChI is InChI=1S/C13H26O/c1-5-8-13(14)9-6-11(7-10-13)12(2,3)4/h11,14H,5-10H2,1-4H3. The molecule has 0 aromatic rings. The molecule has 0 aromatic carbocycles. The fourth-order valence-corrected chi connectivity index (χ4v) is 2.74. The molecule has 0 saturated heterocycles. The molecule has 0 aromatic heterocycles. The van der Waals surface area contributed by atoms with Gasteiger partial charge >= 0.3 is 0 Å². The Labute approximate surface area is 88.9 Å². The smallest absolute Gasteiger partial charge is 0.0648 e. The lowest BCUT2D eigenvalue weighted by Gasteiger charge is -2.41. The van der Waals surface area contributed by atoms with Crippen molar-refractivity contribution in [2.45, 2.75) is 71.8 Å². The van der Waals surface area contributed by atoms with Gasteiger partial charge in [-0.15, -0.1) is 0 Å². The minimum absolute atomic E-state index is 0.323. The maximum Gasteiger partial charge on any atom is 0.0648 e. The highest BCUT2D eigenvalue weighted by atomic mass is 16.3. The lowest BCUT2D eigenvalue weighted by Crippen LogP contribution is -2.37. The lowest BCUT2D eigenvalue weighted by atomic mass is 9.67. The number of hydrogen-bond donors (Lipinski definition) is 1. The van der Waals surface area contributed by atoms with Crippen LogP contribution >= 0.6 is 0 Å². The second-order valence-corrected chi connectivity index (χ2v) is 6.11. The fraction of sp³-hybridized carbons (Fsp3) is 1.00. The zero-order valence-electron chi connectivity index (χ0n) is 10.3. The van der Waals surface area contributed by atoms with Crippen molar-refractivity contribution in [1.29, 1.82) is 0 Å². The van der Waals surface area contributed by atoms with Crippen molar-refractivity contribution in [1.82, 2.24) is 0 Å². The second kappa shape index (κ2) is 4.22. The summed E-state index contributed by atoms with van der Waals surface area (Å²) in [6.45, 7) is 9.12. The van der Waals surface area contributed by atoms with Crippen LogP contribution in [0, 0.1) is 11.3 Å². The quantitative estimate of drug-likeness (QED) is 0.716. The molecule has 0 amide bonds. The summed E-state index contributed by atoms with van der Waals surface area (Å²) in [4.78, 5) is 0. The molecule has 0 spiro atoms. The van der Waals surface area contributed by atoms with Crippen LogP contribution in [0.1, 0.15) is 66.2 Å². The van der Waals surface area contributed by atoms with Crippen molar-refractivity contribution in [2.75, 3.05) is 0 Å². The van der Waals surface area contributed by atoms with E-state index >= 15 is 0 Å². The molecule has 0 radical (unpaired) electrons. The van der Waals surface area contributed by atoms with Crippen LogP contribution in [0.15, 0.2) is 0 Å². The minimum Gasteiger partial charge on any atom is -0.390 e. The predicted octanol–water partition coefficient (Wildman–Crippen LogP) is 3.75. The van der Waals surface area contributed by atoms with Gasteiger partial charge in [0.25, 0.3) is 0 Å². The van der Waals surface area contributed by atoms with Gasteiger partial charge in [0.1, 0.15) is 0 Å². The molecule has 1 fully saturated rings. The zero-order valence-corrected chi connectivity index (χ0v) is 10.3. The first-order valence-corrected chi connectivity index (χ1v) is 6.10. The topological polar surface area (TPSA) is 20.2 Å². The van der Waals surface area contributed by atoms with Crippen LogP contribution in [0.25, 0.3) is 0 Å². The van der Waals surface area contributed by atoms with E-state index in [0.29, 0.717) is 5.41 Å². The summed E-state index contributed by atoms with van der Waals surface area (Å²) in [5.41, 5.74) is 0.101. The molecule has 1 rings (SSSR count). The Morgan fingerprint density at radius 3 is 2.07 bits per heavy atom. The summed E-state index contributed by atoms with van der Waals surface area (Å²) in [7, 11) is 0. The lowest BCUT2D eigenvalue weighted by molar-refractivity contribution is -0.0316. The van der Waals surface area contributed by atoms with E-state index in [-0.39, 0.29) is 5.60 Å². The van der Waals surface area contributed by atoms with Gasteiger partial charge in [-0.1, -0.05) is 34.1 Å². The molecule has 0 heterocycles. The largest absolute Gasteiger partial charge is 0.390 e. The summed E-state index contributed by atoms with van der Waals surface area (Å²) in [5.74, 6) is 0.805. The molecule has 0 unspecified atom stereocenters. The van der Waals surface area contributed by atoms with Crippen molar-refractivity contribution in [2.24, 2.45) is 11.3 Å². The van der Waals surface area contributed by atoms with Gasteiger partial charge in [0, 0.05) is 0 Å². The summed E-state index contributed by atoms with van der Waals surface area (Å²) in [6.07, 6.45) is 6.55. The SMILES string of the molecule is CCCC1(O)CCC(C(C)(C)C)CC1. The van der Waals surface area contributed by atoms with Gasteiger partial charge < -0.3 is 5.11 Å². The molecular formula is C13H26O. The van der Waals surface area contributed by atoms with Gasteiger partial charge in [0.15, 0.2) is 0 Å². The van der Waals surface area contributed by atoms with Gasteiger partial charge in [-0.3, -0.25) is 0 Å². The predicted molar refractivity (Wildman–Crippen MR) is 61.3 cm³/mol. The van der Waals surface area contributed by atoms with Crippen molar-refractivity contribution < 1.29 is 5.11 Å². The van der Waals surface area contributed by atoms with E-state index in [1.807, 2.05) is 0 Å². The Balaban J connectivity index is 2.45. The molecular weight excluding hydrogens is 172 g/mol. The van der Waals surface area contributed by atoms with Crippen molar-refractivity contribution in [3.8, 4) is 0 Å². The maximum absolute atomic E-state index is 10.3. The zero-order chi connectivity index (χ0) is 10.8. The van der Waals surface area contributed by atoms with E-state index < -0.39 is 0 Å². The summed E-state index contributed by atoms with van der Waals surface area (Å²) in [6, 6.07) is 0. The van der Waals surface area contributed by atoms with E-state index in [9.17, 15) is 5.11 Å². The van der Waals surface area contributed by atoms with E-state index in [0.717, 1.165) is 31.6 Å². The molecule has 1 heteroatoms. The summed E-state index contributed by atoms with van der Waals surface area (Å²) >= 11 is 0. The van der Waals surface area contributed by atoms with Crippen LogP contribution in [0.5, 0.6) is 0 Å². The molecule has 0 bridgehead atoms. The molecule has 0 aliphatic heterocycles. The normalized spacial score (nSPS) is 34.5. The number of rotatable bonds is 2. The molecule has 1 aliphatic rings.